The number of benzene rings is 3. The van der Waals surface area contributed by atoms with Crippen molar-refractivity contribution >= 4 is 55.6 Å². The third-order valence-corrected chi connectivity index (χ3v) is 6.84. The van der Waals surface area contributed by atoms with Gasteiger partial charge in [-0.05, 0) is 61.4 Å². The molecule has 0 aliphatic heterocycles. The molecule has 0 radical (unpaired) electrons. The van der Waals surface area contributed by atoms with Crippen LogP contribution in [0.15, 0.2) is 65.8 Å². The minimum atomic E-state index is -3.79. The number of rotatable bonds is 11. The standard InChI is InChI=1S/C26H25ClFN5O5S/c1-37-23-14-22-19(26(31-15-30-22)33-17-7-10-21(28)20(27)12-17)13-24(23)38-11-3-2-4-25(34)32-16-5-8-18(9-6-16)39(29,35)36/h5-10,12-15H,2-4,11H2,1H3,(H,32,34)(H2,29,35,36)(H,30,31,33). The summed E-state index contributed by atoms with van der Waals surface area (Å²) in [7, 11) is -2.27. The quantitative estimate of drug-likeness (QED) is 0.212. The fourth-order valence-corrected chi connectivity index (χ4v) is 4.36. The molecule has 0 bridgehead atoms. The number of nitrogens with zero attached hydrogens (tertiary/aromatic N) is 2. The first-order valence-electron chi connectivity index (χ1n) is 11.7. The number of unbranched alkanes of at least 4 members (excludes halogenated alkanes) is 1. The first-order chi connectivity index (χ1) is 18.6. The number of methoxy groups -OCH3 is 1. The minimum absolute atomic E-state index is 0.0160. The van der Waals surface area contributed by atoms with Crippen molar-refractivity contribution < 1.29 is 27.1 Å². The number of fused-ring (bicyclic) bond motifs is 1. The molecule has 0 aliphatic rings. The van der Waals surface area contributed by atoms with Gasteiger partial charge in [-0.3, -0.25) is 4.79 Å². The third-order valence-electron chi connectivity index (χ3n) is 5.63. The molecule has 4 aromatic rings. The molecule has 0 atom stereocenters. The summed E-state index contributed by atoms with van der Waals surface area (Å²) in [6.07, 6.45) is 2.79. The van der Waals surface area contributed by atoms with Gasteiger partial charge in [0.1, 0.15) is 18.0 Å². The van der Waals surface area contributed by atoms with E-state index in [1.165, 1.54) is 49.8 Å². The average molecular weight is 574 g/mol. The molecule has 204 valence electrons. The van der Waals surface area contributed by atoms with Gasteiger partial charge < -0.3 is 20.1 Å². The summed E-state index contributed by atoms with van der Waals surface area (Å²) >= 11 is 5.89. The van der Waals surface area contributed by atoms with Crippen LogP contribution in [0.25, 0.3) is 10.9 Å². The fourth-order valence-electron chi connectivity index (χ4n) is 3.67. The predicted molar refractivity (Wildman–Crippen MR) is 147 cm³/mol. The summed E-state index contributed by atoms with van der Waals surface area (Å²) in [6.45, 7) is 0.322. The van der Waals surface area contributed by atoms with Gasteiger partial charge in [-0.15, -0.1) is 0 Å². The third kappa shape index (κ3) is 7.31. The Morgan fingerprint density at radius 2 is 1.77 bits per heavy atom. The molecule has 0 saturated heterocycles. The van der Waals surface area contributed by atoms with Gasteiger partial charge in [-0.2, -0.15) is 0 Å². The normalized spacial score (nSPS) is 11.3. The topological polar surface area (TPSA) is 146 Å². The van der Waals surface area contributed by atoms with Crippen molar-refractivity contribution in [3.8, 4) is 11.5 Å². The molecule has 1 aromatic heterocycles. The lowest BCUT2D eigenvalue weighted by atomic mass is 10.2. The van der Waals surface area contributed by atoms with Gasteiger partial charge in [0, 0.05) is 29.2 Å². The Morgan fingerprint density at radius 1 is 1.03 bits per heavy atom. The summed E-state index contributed by atoms with van der Waals surface area (Å²) in [5.74, 6) is 0.697. The zero-order valence-corrected chi connectivity index (χ0v) is 22.4. The Kier molecular flexibility index (Phi) is 8.79. The predicted octanol–water partition coefficient (Wildman–Crippen LogP) is 5.01. The number of nitrogens with one attached hydrogen (secondary N) is 2. The highest BCUT2D eigenvalue weighted by atomic mass is 35.5. The molecular formula is C26H25ClFN5O5S. The number of amides is 1. The summed E-state index contributed by atoms with van der Waals surface area (Å²) < 4.78 is 47.6. The maximum atomic E-state index is 13.5. The van der Waals surface area contributed by atoms with Crippen LogP contribution in [0.2, 0.25) is 5.02 Å². The van der Waals surface area contributed by atoms with Crippen LogP contribution in [-0.4, -0.2) is 38.0 Å². The highest BCUT2D eigenvalue weighted by Gasteiger charge is 2.13. The van der Waals surface area contributed by atoms with Gasteiger partial charge >= 0.3 is 0 Å². The van der Waals surface area contributed by atoms with Crippen LogP contribution in [0.4, 0.5) is 21.6 Å². The van der Waals surface area contributed by atoms with E-state index >= 15 is 0 Å². The van der Waals surface area contributed by atoms with Crippen molar-refractivity contribution in [3.63, 3.8) is 0 Å². The summed E-state index contributed by atoms with van der Waals surface area (Å²) in [6, 6.07) is 13.4. The monoisotopic (exact) mass is 573 g/mol. The van der Waals surface area contributed by atoms with Crippen molar-refractivity contribution in [2.24, 2.45) is 5.14 Å². The van der Waals surface area contributed by atoms with E-state index in [4.69, 9.17) is 26.2 Å². The number of aromatic nitrogens is 2. The SMILES string of the molecule is COc1cc2ncnc(Nc3ccc(F)c(Cl)c3)c2cc1OCCCCC(=O)Nc1ccc(S(N)(=O)=O)cc1. The Hall–Kier alpha value is -4.00. The fraction of sp³-hybridized carbons (Fsp3) is 0.192. The lowest BCUT2D eigenvalue weighted by Gasteiger charge is -2.14. The molecule has 1 heterocycles. The molecule has 0 aliphatic carbocycles. The van der Waals surface area contributed by atoms with E-state index in [0.717, 1.165) is 0 Å². The number of sulfonamides is 1. The zero-order chi connectivity index (χ0) is 28.0. The van der Waals surface area contributed by atoms with E-state index < -0.39 is 15.8 Å². The first-order valence-corrected chi connectivity index (χ1v) is 13.7. The molecule has 4 N–H and O–H groups in total. The molecule has 0 unspecified atom stereocenters. The highest BCUT2D eigenvalue weighted by Crippen LogP contribution is 2.35. The van der Waals surface area contributed by atoms with E-state index in [9.17, 15) is 17.6 Å². The van der Waals surface area contributed by atoms with Crippen molar-refractivity contribution in [2.75, 3.05) is 24.4 Å². The maximum Gasteiger partial charge on any atom is 0.238 e. The number of ether oxygens (including phenoxy) is 2. The van der Waals surface area contributed by atoms with E-state index in [1.807, 2.05) is 0 Å². The Bertz CT molecular complexity index is 1600. The smallest absolute Gasteiger partial charge is 0.238 e. The van der Waals surface area contributed by atoms with Crippen LogP contribution < -0.4 is 25.2 Å². The number of primary sulfonamides is 1. The second-order valence-corrected chi connectivity index (χ2v) is 10.4. The first kappa shape index (κ1) is 28.0. The Morgan fingerprint density at radius 3 is 2.46 bits per heavy atom. The van der Waals surface area contributed by atoms with Crippen LogP contribution in [0.3, 0.4) is 0 Å². The van der Waals surface area contributed by atoms with Gasteiger partial charge in [0.05, 0.1) is 29.2 Å². The van der Waals surface area contributed by atoms with Gasteiger partial charge in [-0.25, -0.2) is 27.9 Å². The minimum Gasteiger partial charge on any atom is -0.493 e. The van der Waals surface area contributed by atoms with E-state index in [2.05, 4.69) is 20.6 Å². The van der Waals surface area contributed by atoms with Crippen LogP contribution in [0, 0.1) is 5.82 Å². The van der Waals surface area contributed by atoms with Crippen molar-refractivity contribution in [1.29, 1.82) is 0 Å². The maximum absolute atomic E-state index is 13.5. The number of nitrogens with two attached hydrogens (primary N) is 1. The summed E-state index contributed by atoms with van der Waals surface area (Å²) in [5.41, 5.74) is 1.64. The van der Waals surface area contributed by atoms with Crippen molar-refractivity contribution in [2.45, 2.75) is 24.2 Å². The van der Waals surface area contributed by atoms with Crippen molar-refractivity contribution in [3.05, 3.63) is 71.8 Å². The molecule has 0 spiro atoms. The van der Waals surface area contributed by atoms with Gasteiger partial charge in [0.2, 0.25) is 15.9 Å². The lowest BCUT2D eigenvalue weighted by molar-refractivity contribution is -0.116. The largest absolute Gasteiger partial charge is 0.493 e. The lowest BCUT2D eigenvalue weighted by Crippen LogP contribution is -2.13. The zero-order valence-electron chi connectivity index (χ0n) is 20.8. The van der Waals surface area contributed by atoms with E-state index in [0.29, 0.717) is 59.0 Å². The molecule has 39 heavy (non-hydrogen) atoms. The highest BCUT2D eigenvalue weighted by molar-refractivity contribution is 7.89. The number of carbonyl (C=O) groups is 1. The number of anilines is 3. The van der Waals surface area contributed by atoms with E-state index in [-0.39, 0.29) is 22.2 Å². The molecule has 13 heteroatoms. The molecule has 4 rings (SSSR count). The number of halogens is 2. The van der Waals surface area contributed by atoms with Crippen molar-refractivity contribution in [1.82, 2.24) is 9.97 Å². The number of hydrogen-bond acceptors (Lipinski definition) is 8. The van der Waals surface area contributed by atoms with Gasteiger partial charge in [0.15, 0.2) is 11.5 Å². The molecule has 0 fully saturated rings. The second-order valence-electron chi connectivity index (χ2n) is 8.42. The Labute approximate surface area is 229 Å². The van der Waals surface area contributed by atoms with Crippen LogP contribution >= 0.6 is 11.6 Å². The second kappa shape index (κ2) is 12.2. The summed E-state index contributed by atoms with van der Waals surface area (Å²) in [4.78, 5) is 20.8. The van der Waals surface area contributed by atoms with Crippen LogP contribution in [-0.2, 0) is 14.8 Å². The average Bonchev–Trinajstić information content (AvgIpc) is 2.90. The van der Waals surface area contributed by atoms with Gasteiger partial charge in [-0.1, -0.05) is 11.6 Å². The van der Waals surface area contributed by atoms with Crippen LogP contribution in [0.1, 0.15) is 19.3 Å². The summed E-state index contributed by atoms with van der Waals surface area (Å²) in [5, 5.41) is 11.6. The number of hydrogen-bond donors (Lipinski definition) is 3. The molecule has 3 aromatic carbocycles. The molecular weight excluding hydrogens is 549 g/mol. The Balaban J connectivity index is 1.35. The van der Waals surface area contributed by atoms with Crippen LogP contribution in [0.5, 0.6) is 11.5 Å². The van der Waals surface area contributed by atoms with E-state index in [1.54, 1.807) is 18.2 Å². The molecule has 1 amide bonds. The molecule has 0 saturated carbocycles. The molecule has 10 nitrogen and oxygen atoms in total. The number of carbonyl (C=O) groups excluding carboxylic acids is 1. The van der Waals surface area contributed by atoms with Gasteiger partial charge in [0.25, 0.3) is 0 Å².